The van der Waals surface area contributed by atoms with E-state index >= 15 is 0 Å². The van der Waals surface area contributed by atoms with Gasteiger partial charge in [0.25, 0.3) is 0 Å². The van der Waals surface area contributed by atoms with Crippen LogP contribution in [0.15, 0.2) is 42.5 Å². The summed E-state index contributed by atoms with van der Waals surface area (Å²) < 4.78 is 0. The molecule has 0 unspecified atom stereocenters. The molecule has 0 aliphatic carbocycles. The SMILES string of the molecule is [Au+].[c-]1ccc2ccccc2c1. The Hall–Kier alpha value is -0.560. The van der Waals surface area contributed by atoms with Crippen molar-refractivity contribution in [2.75, 3.05) is 0 Å². The van der Waals surface area contributed by atoms with E-state index in [4.69, 9.17) is 0 Å². The molecular weight excluding hydrogens is 317 g/mol. The van der Waals surface area contributed by atoms with E-state index in [1.54, 1.807) is 0 Å². The van der Waals surface area contributed by atoms with E-state index < -0.39 is 0 Å². The summed E-state index contributed by atoms with van der Waals surface area (Å²) in [6.07, 6.45) is 0. The van der Waals surface area contributed by atoms with Gasteiger partial charge >= 0.3 is 22.4 Å². The van der Waals surface area contributed by atoms with Crippen LogP contribution in [0.2, 0.25) is 0 Å². The zero-order valence-electron chi connectivity index (χ0n) is 5.84. The Balaban J connectivity index is 0.000000605. The second-order valence-corrected chi connectivity index (χ2v) is 2.27. The van der Waals surface area contributed by atoms with Gasteiger partial charge in [0.05, 0.1) is 0 Å². The Morgan fingerprint density at radius 3 is 2.36 bits per heavy atom. The van der Waals surface area contributed by atoms with Crippen molar-refractivity contribution in [3.05, 3.63) is 48.5 Å². The molecule has 2 aromatic rings. The van der Waals surface area contributed by atoms with Crippen LogP contribution in [0, 0.1) is 6.07 Å². The van der Waals surface area contributed by atoms with E-state index in [0.29, 0.717) is 0 Å². The first-order chi connectivity index (χ1) is 4.97. The van der Waals surface area contributed by atoms with Gasteiger partial charge in [-0.3, -0.25) is 0 Å². The van der Waals surface area contributed by atoms with Crippen molar-refractivity contribution in [2.24, 2.45) is 0 Å². The minimum absolute atomic E-state index is 0. The molecule has 11 heavy (non-hydrogen) atoms. The summed E-state index contributed by atoms with van der Waals surface area (Å²) in [6.45, 7) is 0. The van der Waals surface area contributed by atoms with Crippen LogP contribution < -0.4 is 0 Å². The first-order valence-electron chi connectivity index (χ1n) is 3.32. The molecule has 0 aliphatic rings. The molecule has 0 spiro atoms. The Morgan fingerprint density at radius 1 is 0.909 bits per heavy atom. The second-order valence-electron chi connectivity index (χ2n) is 2.27. The fourth-order valence-corrected chi connectivity index (χ4v) is 1.07. The zero-order valence-corrected chi connectivity index (χ0v) is 8.01. The van der Waals surface area contributed by atoms with Gasteiger partial charge in [-0.2, -0.15) is 24.3 Å². The molecule has 0 saturated heterocycles. The van der Waals surface area contributed by atoms with Gasteiger partial charge in [-0.1, -0.05) is 18.2 Å². The molecule has 0 heterocycles. The molecule has 58 valence electrons. The quantitative estimate of drug-likeness (QED) is 0.516. The first-order valence-corrected chi connectivity index (χ1v) is 3.32. The first kappa shape index (κ1) is 8.54. The molecule has 0 amide bonds. The summed E-state index contributed by atoms with van der Waals surface area (Å²) in [5.74, 6) is 0. The predicted molar refractivity (Wildman–Crippen MR) is 42.8 cm³/mol. The Labute approximate surface area is 81.7 Å². The summed E-state index contributed by atoms with van der Waals surface area (Å²) in [6, 6.07) is 17.3. The number of hydrogen-bond donors (Lipinski definition) is 0. The van der Waals surface area contributed by atoms with E-state index in [-0.39, 0.29) is 22.4 Å². The number of hydrogen-bond acceptors (Lipinski definition) is 0. The molecule has 0 aliphatic heterocycles. The van der Waals surface area contributed by atoms with Crippen LogP contribution in [0.5, 0.6) is 0 Å². The van der Waals surface area contributed by atoms with Crippen molar-refractivity contribution >= 4 is 10.8 Å². The molecular formula is C10H7Au. The Bertz CT molecular complexity index is 276. The number of rotatable bonds is 0. The normalized spacial score (nSPS) is 9.09. The predicted octanol–water partition coefficient (Wildman–Crippen LogP) is 2.64. The van der Waals surface area contributed by atoms with Crippen LogP contribution in [0.4, 0.5) is 0 Å². The van der Waals surface area contributed by atoms with Crippen molar-refractivity contribution in [2.45, 2.75) is 0 Å². The molecule has 1 heteroatoms. The molecule has 0 N–H and O–H groups in total. The van der Waals surface area contributed by atoms with Gasteiger partial charge in [-0.05, 0) is 0 Å². The number of benzene rings is 2. The summed E-state index contributed by atoms with van der Waals surface area (Å²) in [4.78, 5) is 0. The van der Waals surface area contributed by atoms with Crippen molar-refractivity contribution in [3.8, 4) is 0 Å². The van der Waals surface area contributed by atoms with Gasteiger partial charge in [0, 0.05) is 0 Å². The molecule has 0 atom stereocenters. The summed E-state index contributed by atoms with van der Waals surface area (Å²) in [5.41, 5.74) is 0. The van der Waals surface area contributed by atoms with Crippen LogP contribution in [0.3, 0.4) is 0 Å². The van der Waals surface area contributed by atoms with Gasteiger partial charge in [-0.25, -0.2) is 0 Å². The molecule has 2 aromatic carbocycles. The van der Waals surface area contributed by atoms with Crippen LogP contribution in [0.25, 0.3) is 10.8 Å². The molecule has 0 fully saturated rings. The summed E-state index contributed by atoms with van der Waals surface area (Å²) in [7, 11) is 0. The van der Waals surface area contributed by atoms with E-state index in [1.165, 1.54) is 10.8 Å². The topological polar surface area (TPSA) is 0 Å². The van der Waals surface area contributed by atoms with Crippen molar-refractivity contribution in [1.29, 1.82) is 0 Å². The minimum Gasteiger partial charge on any atom is -0.183 e. The van der Waals surface area contributed by atoms with Gasteiger partial charge in [-0.15, -0.1) is 16.8 Å². The average Bonchev–Trinajstić information content (AvgIpc) is 2.05. The molecule has 2 rings (SSSR count). The monoisotopic (exact) mass is 324 g/mol. The maximum atomic E-state index is 3.04. The fraction of sp³-hybridized carbons (Fsp3) is 0. The number of fused-ring (bicyclic) bond motifs is 1. The van der Waals surface area contributed by atoms with Crippen LogP contribution in [0.1, 0.15) is 0 Å². The molecule has 0 bridgehead atoms. The Morgan fingerprint density at radius 2 is 1.64 bits per heavy atom. The molecule has 0 saturated carbocycles. The third-order valence-corrected chi connectivity index (χ3v) is 1.59. The second kappa shape index (κ2) is 3.72. The third-order valence-electron chi connectivity index (χ3n) is 1.59. The van der Waals surface area contributed by atoms with E-state index in [2.05, 4.69) is 24.3 Å². The summed E-state index contributed by atoms with van der Waals surface area (Å²) >= 11 is 0. The molecule has 0 nitrogen and oxygen atoms in total. The standard InChI is InChI=1S/C10H7.Au/c1-2-6-10-8-4-3-7-9(10)5-1;/h1-3,5-8H;/q-1;+1. The smallest absolute Gasteiger partial charge is 0.183 e. The molecule has 0 aromatic heterocycles. The summed E-state index contributed by atoms with van der Waals surface area (Å²) in [5, 5.41) is 2.53. The maximum Gasteiger partial charge on any atom is 1.00 e. The van der Waals surface area contributed by atoms with Gasteiger partial charge < -0.3 is 0 Å². The van der Waals surface area contributed by atoms with E-state index in [1.807, 2.05) is 24.3 Å². The van der Waals surface area contributed by atoms with Crippen LogP contribution in [-0.4, -0.2) is 0 Å². The van der Waals surface area contributed by atoms with E-state index in [9.17, 15) is 0 Å². The van der Waals surface area contributed by atoms with Crippen molar-refractivity contribution in [1.82, 2.24) is 0 Å². The maximum absolute atomic E-state index is 3.04. The van der Waals surface area contributed by atoms with Crippen LogP contribution >= 0.6 is 0 Å². The van der Waals surface area contributed by atoms with Gasteiger partial charge in [0.1, 0.15) is 0 Å². The third kappa shape index (κ3) is 1.72. The average molecular weight is 324 g/mol. The fourth-order valence-electron chi connectivity index (χ4n) is 1.07. The minimum atomic E-state index is 0. The van der Waals surface area contributed by atoms with Gasteiger partial charge in [0.2, 0.25) is 0 Å². The van der Waals surface area contributed by atoms with Crippen LogP contribution in [-0.2, 0) is 22.4 Å². The molecule has 0 radical (unpaired) electrons. The van der Waals surface area contributed by atoms with Crippen molar-refractivity contribution < 1.29 is 22.4 Å². The van der Waals surface area contributed by atoms with Crippen molar-refractivity contribution in [3.63, 3.8) is 0 Å². The van der Waals surface area contributed by atoms with Gasteiger partial charge in [0.15, 0.2) is 0 Å². The largest absolute Gasteiger partial charge is 1.00 e. The Kier molecular flexibility index (Phi) is 2.89. The zero-order chi connectivity index (χ0) is 6.81. The van der Waals surface area contributed by atoms with E-state index in [0.717, 1.165) is 0 Å².